The number of hydrogen-bond donors (Lipinski definition) is 0. The van der Waals surface area contributed by atoms with Gasteiger partial charge in [0.2, 0.25) is 0 Å². The van der Waals surface area contributed by atoms with Gasteiger partial charge in [-0.1, -0.05) is 41.4 Å². The molecule has 2 aliphatic heterocycles. The first-order chi connectivity index (χ1) is 12.1. The zero-order valence-corrected chi connectivity index (χ0v) is 16.7. The minimum Gasteiger partial charge on any atom is -0.300 e. The Morgan fingerprint density at radius 3 is 2.56 bits per heavy atom. The maximum absolute atomic E-state index is 6.29. The van der Waals surface area contributed by atoms with Gasteiger partial charge in [-0.2, -0.15) is 0 Å². The fourth-order valence-corrected chi connectivity index (χ4v) is 6.35. The van der Waals surface area contributed by atoms with Crippen LogP contribution in [-0.4, -0.2) is 29.8 Å². The van der Waals surface area contributed by atoms with Crippen LogP contribution in [0.25, 0.3) is 0 Å². The summed E-state index contributed by atoms with van der Waals surface area (Å²) in [7, 11) is 2.31. The van der Waals surface area contributed by atoms with E-state index in [0.29, 0.717) is 17.9 Å². The standard InChI is InChI=1S/C21H23Cl2NS/c1-24-17-8-9-21(24)20(13-25-18-7-3-6-16(23)11-18)19(12-17)14-4-2-5-15(22)10-14/h2-7,10-11,17,19-21H,8-9,12-13H2,1H3/t17?,19-,20+,21?/m1/s1. The van der Waals surface area contributed by atoms with E-state index in [1.165, 1.54) is 29.7 Å². The Balaban J connectivity index is 1.58. The van der Waals surface area contributed by atoms with Crippen LogP contribution in [0.3, 0.4) is 0 Å². The first-order valence-corrected chi connectivity index (χ1v) is 10.7. The predicted octanol–water partition coefficient (Wildman–Crippen LogP) is 6.35. The molecule has 0 spiro atoms. The normalized spacial score (nSPS) is 29.1. The van der Waals surface area contributed by atoms with E-state index in [0.717, 1.165) is 21.8 Å². The van der Waals surface area contributed by atoms with Crippen molar-refractivity contribution in [3.8, 4) is 0 Å². The molecule has 0 aliphatic carbocycles. The summed E-state index contributed by atoms with van der Waals surface area (Å²) in [6, 6.07) is 18.1. The lowest BCUT2D eigenvalue weighted by Crippen LogP contribution is -2.46. The zero-order chi connectivity index (χ0) is 17.4. The second kappa shape index (κ2) is 7.52. The lowest BCUT2D eigenvalue weighted by Gasteiger charge is -2.43. The second-order valence-electron chi connectivity index (χ2n) is 7.29. The number of hydrogen-bond acceptors (Lipinski definition) is 2. The monoisotopic (exact) mass is 391 g/mol. The van der Waals surface area contributed by atoms with Gasteiger partial charge in [0.15, 0.2) is 0 Å². The summed E-state index contributed by atoms with van der Waals surface area (Å²) in [5.74, 6) is 2.37. The molecule has 0 radical (unpaired) electrons. The summed E-state index contributed by atoms with van der Waals surface area (Å²) in [5, 5.41) is 1.67. The molecule has 1 nitrogen and oxygen atoms in total. The molecule has 132 valence electrons. The van der Waals surface area contributed by atoms with Crippen molar-refractivity contribution >= 4 is 35.0 Å². The fourth-order valence-electron chi connectivity index (χ4n) is 4.67. The Kier molecular flexibility index (Phi) is 5.33. The van der Waals surface area contributed by atoms with E-state index in [1.807, 2.05) is 30.0 Å². The molecule has 2 aromatic rings. The van der Waals surface area contributed by atoms with Gasteiger partial charge in [-0.05, 0) is 74.0 Å². The van der Waals surface area contributed by atoms with Crippen LogP contribution in [0.15, 0.2) is 53.4 Å². The highest BCUT2D eigenvalue weighted by Gasteiger charge is 2.45. The average molecular weight is 392 g/mol. The van der Waals surface area contributed by atoms with Crippen molar-refractivity contribution in [3.05, 3.63) is 64.1 Å². The second-order valence-corrected chi connectivity index (χ2v) is 9.26. The molecule has 4 rings (SSSR count). The fraction of sp³-hybridized carbons (Fsp3) is 0.429. The molecule has 2 aromatic carbocycles. The topological polar surface area (TPSA) is 3.24 Å². The van der Waals surface area contributed by atoms with E-state index in [4.69, 9.17) is 23.2 Å². The van der Waals surface area contributed by atoms with Crippen LogP contribution in [0.5, 0.6) is 0 Å². The van der Waals surface area contributed by atoms with E-state index in [1.54, 1.807) is 0 Å². The van der Waals surface area contributed by atoms with E-state index in [9.17, 15) is 0 Å². The van der Waals surface area contributed by atoms with Gasteiger partial charge in [0, 0.05) is 32.8 Å². The Labute approximate surface area is 164 Å². The Morgan fingerprint density at radius 1 is 1.04 bits per heavy atom. The van der Waals surface area contributed by atoms with E-state index < -0.39 is 0 Å². The third kappa shape index (κ3) is 3.73. The molecule has 0 amide bonds. The number of benzene rings is 2. The number of piperidine rings is 1. The summed E-state index contributed by atoms with van der Waals surface area (Å²) in [6.07, 6.45) is 3.89. The molecule has 2 unspecified atom stereocenters. The predicted molar refractivity (Wildman–Crippen MR) is 109 cm³/mol. The van der Waals surface area contributed by atoms with Gasteiger partial charge in [0.1, 0.15) is 0 Å². The highest BCUT2D eigenvalue weighted by molar-refractivity contribution is 7.99. The van der Waals surface area contributed by atoms with Crippen LogP contribution in [0.4, 0.5) is 0 Å². The molecule has 4 atom stereocenters. The molecular weight excluding hydrogens is 369 g/mol. The minimum atomic E-state index is 0.596. The molecule has 2 heterocycles. The molecule has 0 N–H and O–H groups in total. The van der Waals surface area contributed by atoms with Gasteiger partial charge in [-0.15, -0.1) is 11.8 Å². The van der Waals surface area contributed by atoms with Crippen LogP contribution in [0.2, 0.25) is 10.0 Å². The summed E-state index contributed by atoms with van der Waals surface area (Å²) in [4.78, 5) is 3.89. The SMILES string of the molecule is CN1C2CCC1[C@@H](CSc1cccc(Cl)c1)[C@@H](c1cccc(Cl)c1)C2. The quantitative estimate of drug-likeness (QED) is 0.558. The van der Waals surface area contributed by atoms with Crippen molar-refractivity contribution in [2.45, 2.75) is 42.2 Å². The van der Waals surface area contributed by atoms with Gasteiger partial charge in [-0.25, -0.2) is 0 Å². The minimum absolute atomic E-state index is 0.596. The Morgan fingerprint density at radius 2 is 1.80 bits per heavy atom. The average Bonchev–Trinajstić information content (AvgIpc) is 2.84. The van der Waals surface area contributed by atoms with Crippen molar-refractivity contribution in [2.24, 2.45) is 5.92 Å². The van der Waals surface area contributed by atoms with Crippen molar-refractivity contribution in [3.63, 3.8) is 0 Å². The van der Waals surface area contributed by atoms with Crippen LogP contribution in [-0.2, 0) is 0 Å². The molecule has 4 heteroatoms. The summed E-state index contributed by atoms with van der Waals surface area (Å²) in [5.41, 5.74) is 1.41. The van der Waals surface area contributed by atoms with Gasteiger partial charge < -0.3 is 4.90 Å². The first-order valence-electron chi connectivity index (χ1n) is 8.97. The summed E-state index contributed by atoms with van der Waals surface area (Å²) in [6.45, 7) is 0. The van der Waals surface area contributed by atoms with Gasteiger partial charge in [0.05, 0.1) is 0 Å². The largest absolute Gasteiger partial charge is 0.300 e. The lowest BCUT2D eigenvalue weighted by molar-refractivity contribution is 0.112. The van der Waals surface area contributed by atoms with E-state index in [2.05, 4.69) is 42.3 Å². The molecular formula is C21H23Cl2NS. The van der Waals surface area contributed by atoms with Crippen molar-refractivity contribution in [2.75, 3.05) is 12.8 Å². The van der Waals surface area contributed by atoms with Crippen LogP contribution >= 0.6 is 35.0 Å². The highest BCUT2D eigenvalue weighted by atomic mass is 35.5. The summed E-state index contributed by atoms with van der Waals surface area (Å²) >= 11 is 14.4. The Bertz CT molecular complexity index is 750. The van der Waals surface area contributed by atoms with Crippen molar-refractivity contribution in [1.82, 2.24) is 4.90 Å². The van der Waals surface area contributed by atoms with Gasteiger partial charge >= 0.3 is 0 Å². The Hall–Kier alpha value is -0.670. The maximum Gasteiger partial charge on any atom is 0.0417 e. The molecule has 25 heavy (non-hydrogen) atoms. The number of fused-ring (bicyclic) bond motifs is 2. The molecule has 2 aliphatic rings. The molecule has 2 bridgehead atoms. The molecule has 0 aromatic heterocycles. The molecule has 2 fully saturated rings. The maximum atomic E-state index is 6.29. The third-order valence-electron chi connectivity index (χ3n) is 5.95. The lowest BCUT2D eigenvalue weighted by atomic mass is 9.77. The van der Waals surface area contributed by atoms with Gasteiger partial charge in [0.25, 0.3) is 0 Å². The first kappa shape index (κ1) is 17.7. The highest BCUT2D eigenvalue weighted by Crippen LogP contribution is 2.48. The van der Waals surface area contributed by atoms with E-state index in [-0.39, 0.29) is 0 Å². The number of halogens is 2. The van der Waals surface area contributed by atoms with E-state index >= 15 is 0 Å². The molecule has 2 saturated heterocycles. The van der Waals surface area contributed by atoms with Crippen LogP contribution in [0, 0.1) is 5.92 Å². The van der Waals surface area contributed by atoms with Gasteiger partial charge in [-0.3, -0.25) is 0 Å². The van der Waals surface area contributed by atoms with Crippen molar-refractivity contribution < 1.29 is 0 Å². The smallest absolute Gasteiger partial charge is 0.0417 e. The van der Waals surface area contributed by atoms with Crippen LogP contribution in [0.1, 0.15) is 30.7 Å². The van der Waals surface area contributed by atoms with Crippen molar-refractivity contribution in [1.29, 1.82) is 0 Å². The van der Waals surface area contributed by atoms with Crippen LogP contribution < -0.4 is 0 Å². The summed E-state index contributed by atoms with van der Waals surface area (Å²) < 4.78 is 0. The number of rotatable bonds is 4. The molecule has 0 saturated carbocycles. The third-order valence-corrected chi connectivity index (χ3v) is 7.56. The number of thioether (sulfide) groups is 1. The zero-order valence-electron chi connectivity index (χ0n) is 14.4. The number of nitrogens with zero attached hydrogens (tertiary/aromatic N) is 1.